The molecule has 1 heterocycles. The minimum absolute atomic E-state index is 0.367. The van der Waals surface area contributed by atoms with Crippen LogP contribution in [0.3, 0.4) is 0 Å². The lowest BCUT2D eigenvalue weighted by molar-refractivity contribution is 0.237. The maximum atomic E-state index is 5.56. The van der Waals surface area contributed by atoms with E-state index in [9.17, 15) is 0 Å². The molecule has 1 aliphatic heterocycles. The average Bonchev–Trinajstić information content (AvgIpc) is 2.67. The van der Waals surface area contributed by atoms with Crippen molar-refractivity contribution in [1.82, 2.24) is 0 Å². The summed E-state index contributed by atoms with van der Waals surface area (Å²) in [6.07, 6.45) is 6.89. The third kappa shape index (κ3) is 6.75. The third-order valence-corrected chi connectivity index (χ3v) is 2.03. The van der Waals surface area contributed by atoms with Crippen molar-refractivity contribution in [1.29, 1.82) is 0 Å². The number of hydrogen-bond acceptors (Lipinski definition) is 4. The minimum Gasteiger partial charge on any atom is -0.485 e. The van der Waals surface area contributed by atoms with Gasteiger partial charge in [0.05, 0.1) is 5.57 Å². The summed E-state index contributed by atoms with van der Waals surface area (Å²) in [4.78, 5) is 3.80. The molecule has 1 rings (SSSR count). The zero-order valence-corrected chi connectivity index (χ0v) is 13.0. The van der Waals surface area contributed by atoms with Gasteiger partial charge in [0, 0.05) is 0 Å². The van der Waals surface area contributed by atoms with Crippen LogP contribution in [-0.4, -0.2) is 20.4 Å². The van der Waals surface area contributed by atoms with Crippen molar-refractivity contribution in [3.8, 4) is 0 Å². The predicted octanol–water partition coefficient (Wildman–Crippen LogP) is 3.71. The molecule has 1 aliphatic rings. The molecule has 0 spiro atoms. The van der Waals surface area contributed by atoms with Gasteiger partial charge in [-0.3, -0.25) is 0 Å². The van der Waals surface area contributed by atoms with Gasteiger partial charge in [0.15, 0.2) is 5.76 Å². The van der Waals surface area contributed by atoms with E-state index in [1.165, 1.54) is 7.05 Å². The Morgan fingerprint density at radius 2 is 1.85 bits per heavy atom. The predicted molar refractivity (Wildman–Crippen MR) is 87.3 cm³/mol. The van der Waals surface area contributed by atoms with Crippen molar-refractivity contribution < 1.29 is 9.47 Å². The molecular formula is C16H26N2O2. The molecule has 0 bridgehead atoms. The average molecular weight is 278 g/mol. The Balaban J connectivity index is 0. The molecule has 0 unspecified atom stereocenters. The first-order valence-corrected chi connectivity index (χ1v) is 6.43. The normalized spacial score (nSPS) is 13.8. The molecule has 0 amide bonds. The van der Waals surface area contributed by atoms with Gasteiger partial charge < -0.3 is 15.2 Å². The number of rotatable bonds is 4. The molecule has 0 radical (unpaired) electrons. The van der Waals surface area contributed by atoms with Crippen LogP contribution in [0.2, 0.25) is 0 Å². The number of nitrogens with zero attached hydrogens (tertiary/aromatic N) is 1. The highest BCUT2D eigenvalue weighted by Gasteiger charge is 2.14. The molecular weight excluding hydrogens is 252 g/mol. The molecule has 4 nitrogen and oxygen atoms in total. The van der Waals surface area contributed by atoms with Crippen molar-refractivity contribution >= 4 is 6.72 Å². The van der Waals surface area contributed by atoms with Crippen molar-refractivity contribution in [3.05, 3.63) is 60.4 Å². The van der Waals surface area contributed by atoms with E-state index in [1.54, 1.807) is 31.2 Å². The van der Waals surface area contributed by atoms with Crippen LogP contribution in [-0.2, 0) is 9.47 Å². The molecule has 112 valence electrons. The van der Waals surface area contributed by atoms with Gasteiger partial charge in [-0.05, 0) is 26.8 Å². The maximum absolute atomic E-state index is 5.56. The minimum atomic E-state index is 0.367. The van der Waals surface area contributed by atoms with Gasteiger partial charge in [-0.1, -0.05) is 45.2 Å². The number of ether oxygens (including phenoxy) is 2. The van der Waals surface area contributed by atoms with Crippen LogP contribution in [0.1, 0.15) is 20.8 Å². The second kappa shape index (κ2) is 13.4. The van der Waals surface area contributed by atoms with E-state index < -0.39 is 0 Å². The van der Waals surface area contributed by atoms with Crippen molar-refractivity contribution in [3.63, 3.8) is 0 Å². The lowest BCUT2D eigenvalue weighted by atomic mass is 10.3. The van der Waals surface area contributed by atoms with Crippen LogP contribution in [0.15, 0.2) is 65.4 Å². The van der Waals surface area contributed by atoms with Gasteiger partial charge in [0.1, 0.15) is 12.4 Å². The summed E-state index contributed by atoms with van der Waals surface area (Å²) in [6.45, 7) is 16.9. The lowest BCUT2D eigenvalue weighted by Crippen LogP contribution is -1.95. The van der Waals surface area contributed by atoms with E-state index >= 15 is 0 Å². The van der Waals surface area contributed by atoms with Gasteiger partial charge in [-0.2, -0.15) is 0 Å². The molecule has 0 aliphatic carbocycles. The molecule has 4 heteroatoms. The highest BCUT2D eigenvalue weighted by Crippen LogP contribution is 2.22. The molecule has 2 N–H and O–H groups in total. The van der Waals surface area contributed by atoms with E-state index in [4.69, 9.17) is 9.47 Å². The van der Waals surface area contributed by atoms with Gasteiger partial charge in [-0.25, -0.2) is 4.99 Å². The number of hydrogen-bond donors (Lipinski definition) is 1. The Morgan fingerprint density at radius 1 is 1.25 bits per heavy atom. The Morgan fingerprint density at radius 3 is 2.30 bits per heavy atom. The van der Waals surface area contributed by atoms with Crippen LogP contribution in [0.25, 0.3) is 0 Å². The second-order valence-corrected chi connectivity index (χ2v) is 3.10. The number of nitrogens with two attached hydrogens (primary N) is 1. The fourth-order valence-electron chi connectivity index (χ4n) is 1.18. The molecule has 0 aromatic heterocycles. The summed E-state index contributed by atoms with van der Waals surface area (Å²) in [5, 5.41) is 0. The smallest absolute Gasteiger partial charge is 0.224 e. The first-order chi connectivity index (χ1) is 9.72. The molecule has 20 heavy (non-hydrogen) atoms. The van der Waals surface area contributed by atoms with Crippen LogP contribution >= 0.6 is 0 Å². The summed E-state index contributed by atoms with van der Waals surface area (Å²) in [5.41, 5.74) is 5.27. The SMILES string of the molecule is C=C/C=C\C1=C(C)OC(N=C)=C(C=C)CO1.CC.CN. The summed E-state index contributed by atoms with van der Waals surface area (Å²) >= 11 is 0. The van der Waals surface area contributed by atoms with Gasteiger partial charge in [-0.15, -0.1) is 0 Å². The summed E-state index contributed by atoms with van der Waals surface area (Å²) < 4.78 is 11.1. The monoisotopic (exact) mass is 278 g/mol. The fourth-order valence-corrected chi connectivity index (χ4v) is 1.18. The summed E-state index contributed by atoms with van der Waals surface area (Å²) in [7, 11) is 1.50. The van der Waals surface area contributed by atoms with E-state index in [0.717, 1.165) is 5.57 Å². The zero-order chi connectivity index (χ0) is 16.0. The lowest BCUT2D eigenvalue weighted by Gasteiger charge is -2.05. The summed E-state index contributed by atoms with van der Waals surface area (Å²) in [6, 6.07) is 0. The Hall–Kier alpha value is -2.07. The Labute approximate surface area is 122 Å². The second-order valence-electron chi connectivity index (χ2n) is 3.10. The molecule has 0 aromatic carbocycles. The van der Waals surface area contributed by atoms with Crippen LogP contribution < -0.4 is 5.73 Å². The summed E-state index contributed by atoms with van der Waals surface area (Å²) in [5.74, 6) is 1.73. The maximum Gasteiger partial charge on any atom is 0.224 e. The molecule has 0 saturated heterocycles. The first-order valence-electron chi connectivity index (χ1n) is 6.43. The molecule has 0 aromatic rings. The molecule has 0 fully saturated rings. The van der Waals surface area contributed by atoms with Crippen molar-refractivity contribution in [2.45, 2.75) is 20.8 Å². The largest absolute Gasteiger partial charge is 0.485 e. The first kappa shape index (κ1) is 20.3. The van der Waals surface area contributed by atoms with Crippen LogP contribution in [0, 0.1) is 0 Å². The quantitative estimate of drug-likeness (QED) is 0.630. The van der Waals surface area contributed by atoms with E-state index in [-0.39, 0.29) is 0 Å². The van der Waals surface area contributed by atoms with Gasteiger partial charge in [0.2, 0.25) is 5.88 Å². The van der Waals surface area contributed by atoms with Crippen molar-refractivity contribution in [2.24, 2.45) is 10.7 Å². The highest BCUT2D eigenvalue weighted by atomic mass is 16.5. The molecule has 0 saturated carbocycles. The number of allylic oxidation sites excluding steroid dienone is 4. The topological polar surface area (TPSA) is 56.8 Å². The Bertz CT molecular complexity index is 405. The Kier molecular flexibility index (Phi) is 13.5. The fraction of sp³-hybridized carbons (Fsp3) is 0.312. The third-order valence-electron chi connectivity index (χ3n) is 2.03. The highest BCUT2D eigenvalue weighted by molar-refractivity contribution is 5.34. The van der Waals surface area contributed by atoms with Crippen LogP contribution in [0.5, 0.6) is 0 Å². The van der Waals surface area contributed by atoms with Crippen molar-refractivity contribution in [2.75, 3.05) is 13.7 Å². The number of aliphatic imine (C=N–C) groups is 1. The molecule has 0 atom stereocenters. The van der Waals surface area contributed by atoms with Gasteiger partial charge in [0.25, 0.3) is 0 Å². The van der Waals surface area contributed by atoms with E-state index in [1.807, 2.05) is 13.8 Å². The van der Waals surface area contributed by atoms with E-state index in [2.05, 4.69) is 30.6 Å². The zero-order valence-electron chi connectivity index (χ0n) is 13.0. The van der Waals surface area contributed by atoms with Crippen LogP contribution in [0.4, 0.5) is 0 Å². The standard InChI is InChI=1S/C13H15NO2.C2H6.CH5N/c1-5-7-8-12-10(3)16-13(14-4)11(6-2)9-15-12;2*1-2/h5-8H,1-2,4,9H2,3H3;1-2H3;2H2,1H3/b8-7-;;. The van der Waals surface area contributed by atoms with Gasteiger partial charge >= 0.3 is 0 Å². The van der Waals surface area contributed by atoms with E-state index in [0.29, 0.717) is 24.0 Å².